The van der Waals surface area contributed by atoms with E-state index in [1.807, 2.05) is 24.3 Å². The van der Waals surface area contributed by atoms with Gasteiger partial charge in [-0.3, -0.25) is 0 Å². The zero-order valence-electron chi connectivity index (χ0n) is 15.5. The van der Waals surface area contributed by atoms with Crippen LogP contribution in [-0.2, 0) is 12.0 Å². The van der Waals surface area contributed by atoms with Gasteiger partial charge in [-0.2, -0.15) is 0 Å². The van der Waals surface area contributed by atoms with Crippen LogP contribution in [0.15, 0.2) is 42.5 Å². The van der Waals surface area contributed by atoms with Crippen molar-refractivity contribution in [3.05, 3.63) is 53.6 Å². The van der Waals surface area contributed by atoms with Gasteiger partial charge in [0, 0.05) is 6.54 Å². The predicted molar refractivity (Wildman–Crippen MR) is 100 cm³/mol. The standard InChI is InChI=1S/C20H24N2O5/c1-20(24,15-5-8-17-18(11-15)27-13-26-17)12-22-19(23)21-10-9-14-3-6-16(25-2)7-4-14/h3-8,11,24H,9-10,12-13H2,1-2H3,(H2,21,22,23). The van der Waals surface area contributed by atoms with E-state index in [0.29, 0.717) is 30.0 Å². The number of carbonyl (C=O) groups is 1. The van der Waals surface area contributed by atoms with Crippen LogP contribution in [0.5, 0.6) is 17.2 Å². The minimum Gasteiger partial charge on any atom is -0.497 e. The van der Waals surface area contributed by atoms with Gasteiger partial charge in [-0.1, -0.05) is 18.2 Å². The minimum atomic E-state index is -1.23. The van der Waals surface area contributed by atoms with Crippen molar-refractivity contribution in [2.24, 2.45) is 0 Å². The quantitative estimate of drug-likeness (QED) is 0.693. The van der Waals surface area contributed by atoms with E-state index in [1.165, 1.54) is 0 Å². The first kappa shape index (κ1) is 18.8. The summed E-state index contributed by atoms with van der Waals surface area (Å²) in [6.45, 7) is 2.38. The van der Waals surface area contributed by atoms with Crippen molar-refractivity contribution in [2.75, 3.05) is 27.0 Å². The van der Waals surface area contributed by atoms with E-state index in [9.17, 15) is 9.90 Å². The zero-order chi connectivity index (χ0) is 19.3. The van der Waals surface area contributed by atoms with Gasteiger partial charge in [-0.25, -0.2) is 4.79 Å². The van der Waals surface area contributed by atoms with Crippen LogP contribution in [0.2, 0.25) is 0 Å². The Balaban J connectivity index is 1.45. The third-order valence-corrected chi connectivity index (χ3v) is 4.45. The van der Waals surface area contributed by atoms with E-state index < -0.39 is 5.60 Å². The van der Waals surface area contributed by atoms with Crippen LogP contribution < -0.4 is 24.8 Å². The molecule has 0 spiro atoms. The molecule has 7 nitrogen and oxygen atoms in total. The summed E-state index contributed by atoms with van der Waals surface area (Å²) < 4.78 is 15.7. The van der Waals surface area contributed by atoms with Gasteiger partial charge in [-0.05, 0) is 48.7 Å². The topological polar surface area (TPSA) is 89.1 Å². The smallest absolute Gasteiger partial charge is 0.314 e. The zero-order valence-corrected chi connectivity index (χ0v) is 15.5. The van der Waals surface area contributed by atoms with Crippen LogP contribution in [-0.4, -0.2) is 38.1 Å². The molecule has 144 valence electrons. The van der Waals surface area contributed by atoms with E-state index >= 15 is 0 Å². The van der Waals surface area contributed by atoms with Crippen LogP contribution in [0.4, 0.5) is 4.79 Å². The highest BCUT2D eigenvalue weighted by Gasteiger charge is 2.26. The molecule has 0 fully saturated rings. The van der Waals surface area contributed by atoms with Crippen molar-refractivity contribution < 1.29 is 24.1 Å². The van der Waals surface area contributed by atoms with Crippen molar-refractivity contribution >= 4 is 6.03 Å². The summed E-state index contributed by atoms with van der Waals surface area (Å²) >= 11 is 0. The third-order valence-electron chi connectivity index (χ3n) is 4.45. The van der Waals surface area contributed by atoms with E-state index in [0.717, 1.165) is 11.3 Å². The number of aliphatic hydroxyl groups is 1. The molecular formula is C20H24N2O5. The number of amides is 2. The second-order valence-electron chi connectivity index (χ2n) is 6.55. The number of benzene rings is 2. The monoisotopic (exact) mass is 372 g/mol. The van der Waals surface area contributed by atoms with Gasteiger partial charge < -0.3 is 30.0 Å². The lowest BCUT2D eigenvalue weighted by atomic mass is 9.95. The number of hydrogen-bond acceptors (Lipinski definition) is 5. The summed E-state index contributed by atoms with van der Waals surface area (Å²) in [5, 5.41) is 16.2. The Hall–Kier alpha value is -2.93. The lowest BCUT2D eigenvalue weighted by Crippen LogP contribution is -2.43. The molecule has 0 saturated heterocycles. The Kier molecular flexibility index (Phi) is 5.71. The van der Waals surface area contributed by atoms with Crippen molar-refractivity contribution in [2.45, 2.75) is 18.9 Å². The number of ether oxygens (including phenoxy) is 3. The molecule has 27 heavy (non-hydrogen) atoms. The molecule has 2 aromatic carbocycles. The summed E-state index contributed by atoms with van der Waals surface area (Å²) in [6, 6.07) is 12.6. The fraction of sp³-hybridized carbons (Fsp3) is 0.350. The largest absolute Gasteiger partial charge is 0.497 e. The first-order valence-electron chi connectivity index (χ1n) is 8.75. The number of nitrogens with one attached hydrogen (secondary N) is 2. The highest BCUT2D eigenvalue weighted by molar-refractivity contribution is 5.73. The molecule has 7 heteroatoms. The van der Waals surface area contributed by atoms with E-state index in [4.69, 9.17) is 14.2 Å². The SMILES string of the molecule is COc1ccc(CCNC(=O)NCC(C)(O)c2ccc3c(c2)OCO3)cc1. The third kappa shape index (κ3) is 4.83. The number of urea groups is 1. The molecule has 3 rings (SSSR count). The summed E-state index contributed by atoms with van der Waals surface area (Å²) in [7, 11) is 1.62. The number of methoxy groups -OCH3 is 1. The van der Waals surface area contributed by atoms with Crippen molar-refractivity contribution in [3.63, 3.8) is 0 Å². The Morgan fingerprint density at radius 1 is 1.15 bits per heavy atom. The molecule has 0 bridgehead atoms. The van der Waals surface area contributed by atoms with Gasteiger partial charge in [0.2, 0.25) is 6.79 Å². The number of rotatable bonds is 7. The molecule has 1 unspecified atom stereocenters. The Bertz CT molecular complexity index is 789. The average molecular weight is 372 g/mol. The predicted octanol–water partition coefficient (Wildman–Crippen LogP) is 2.17. The van der Waals surface area contributed by atoms with E-state index in [2.05, 4.69) is 10.6 Å². The van der Waals surface area contributed by atoms with Gasteiger partial charge in [0.05, 0.1) is 13.7 Å². The average Bonchev–Trinajstić information content (AvgIpc) is 3.15. The van der Waals surface area contributed by atoms with Gasteiger partial charge >= 0.3 is 6.03 Å². The summed E-state index contributed by atoms with van der Waals surface area (Å²) in [4.78, 5) is 12.0. The number of hydrogen-bond donors (Lipinski definition) is 3. The van der Waals surface area contributed by atoms with E-state index in [-0.39, 0.29) is 19.4 Å². The van der Waals surface area contributed by atoms with Crippen molar-refractivity contribution in [1.29, 1.82) is 0 Å². The molecule has 1 aliphatic heterocycles. The Morgan fingerprint density at radius 2 is 1.89 bits per heavy atom. The molecule has 0 radical (unpaired) electrons. The van der Waals surface area contributed by atoms with Crippen molar-refractivity contribution in [1.82, 2.24) is 10.6 Å². The molecule has 0 aliphatic carbocycles. The number of fused-ring (bicyclic) bond motifs is 1. The van der Waals surface area contributed by atoms with Crippen molar-refractivity contribution in [3.8, 4) is 17.2 Å². The summed E-state index contributed by atoms with van der Waals surface area (Å²) in [5.74, 6) is 2.05. The van der Waals surface area contributed by atoms with Crippen LogP contribution >= 0.6 is 0 Å². The molecular weight excluding hydrogens is 348 g/mol. The molecule has 0 saturated carbocycles. The van der Waals surface area contributed by atoms with Gasteiger partial charge in [0.1, 0.15) is 11.4 Å². The molecule has 1 atom stereocenters. The highest BCUT2D eigenvalue weighted by Crippen LogP contribution is 2.35. The second-order valence-corrected chi connectivity index (χ2v) is 6.55. The maximum atomic E-state index is 12.0. The molecule has 2 amide bonds. The molecule has 2 aromatic rings. The fourth-order valence-electron chi connectivity index (χ4n) is 2.76. The highest BCUT2D eigenvalue weighted by atomic mass is 16.7. The lowest BCUT2D eigenvalue weighted by Gasteiger charge is -2.24. The normalized spacial score (nSPS) is 14.3. The first-order valence-corrected chi connectivity index (χ1v) is 8.75. The van der Waals surface area contributed by atoms with Crippen LogP contribution in [0.3, 0.4) is 0 Å². The molecule has 1 heterocycles. The maximum Gasteiger partial charge on any atom is 0.314 e. The van der Waals surface area contributed by atoms with Crippen LogP contribution in [0.1, 0.15) is 18.1 Å². The van der Waals surface area contributed by atoms with Gasteiger partial charge in [-0.15, -0.1) is 0 Å². The Morgan fingerprint density at radius 3 is 2.63 bits per heavy atom. The van der Waals surface area contributed by atoms with Crippen LogP contribution in [0, 0.1) is 0 Å². The molecule has 1 aliphatic rings. The molecule has 3 N–H and O–H groups in total. The van der Waals surface area contributed by atoms with Gasteiger partial charge in [0.15, 0.2) is 11.5 Å². The summed E-state index contributed by atoms with van der Waals surface area (Å²) in [6.07, 6.45) is 0.704. The van der Waals surface area contributed by atoms with Gasteiger partial charge in [0.25, 0.3) is 0 Å². The lowest BCUT2D eigenvalue weighted by molar-refractivity contribution is 0.0592. The maximum absolute atomic E-state index is 12.0. The van der Waals surface area contributed by atoms with Crippen LogP contribution in [0.25, 0.3) is 0 Å². The fourth-order valence-corrected chi connectivity index (χ4v) is 2.76. The van der Waals surface area contributed by atoms with E-state index in [1.54, 1.807) is 32.2 Å². The Labute approximate surface area is 158 Å². The minimum absolute atomic E-state index is 0.0704. The first-order chi connectivity index (χ1) is 13.0. The second kappa shape index (κ2) is 8.18. The summed E-state index contributed by atoms with van der Waals surface area (Å²) in [5.41, 5.74) is 0.516. The molecule has 0 aromatic heterocycles. The number of carbonyl (C=O) groups excluding carboxylic acids is 1.